The zero-order chi connectivity index (χ0) is 25.9. The first-order valence-electron chi connectivity index (χ1n) is 11.4. The maximum atomic E-state index is 13.0. The van der Waals surface area contributed by atoms with Crippen LogP contribution in [0.3, 0.4) is 0 Å². The molecule has 9 heteroatoms. The first kappa shape index (κ1) is 27.0. The Kier molecular flexibility index (Phi) is 10.2. The summed E-state index contributed by atoms with van der Waals surface area (Å²) >= 11 is 12.1. The molecule has 0 unspecified atom stereocenters. The third kappa shape index (κ3) is 8.29. The molecule has 0 aliphatic carbocycles. The van der Waals surface area contributed by atoms with Gasteiger partial charge in [0.2, 0.25) is 0 Å². The highest BCUT2D eigenvalue weighted by molar-refractivity contribution is 6.35. The van der Waals surface area contributed by atoms with E-state index in [0.717, 1.165) is 11.1 Å². The van der Waals surface area contributed by atoms with Crippen LogP contribution in [0.25, 0.3) is 0 Å². The number of carbonyl (C=O) groups excluding carboxylic acids is 2. The molecule has 3 rings (SSSR count). The quantitative estimate of drug-likeness (QED) is 0.270. The number of ether oxygens (including phenoxy) is 2. The van der Waals surface area contributed by atoms with E-state index in [1.165, 1.54) is 12.3 Å². The lowest BCUT2D eigenvalue weighted by molar-refractivity contribution is -0.132. The van der Waals surface area contributed by atoms with Crippen LogP contribution in [0.5, 0.6) is 11.5 Å². The summed E-state index contributed by atoms with van der Waals surface area (Å²) < 4.78 is 11.2. The molecule has 3 aromatic rings. The van der Waals surface area contributed by atoms with Gasteiger partial charge in [0.25, 0.3) is 11.8 Å². The fraction of sp³-hybridized carbons (Fsp3) is 0.222. The minimum absolute atomic E-state index is 0.266. The second-order valence-corrected chi connectivity index (χ2v) is 8.67. The summed E-state index contributed by atoms with van der Waals surface area (Å²) in [5.41, 5.74) is 4.14. The van der Waals surface area contributed by atoms with Crippen molar-refractivity contribution in [2.75, 3.05) is 6.61 Å². The van der Waals surface area contributed by atoms with E-state index >= 15 is 0 Å². The topological polar surface area (TPSA) is 89.0 Å². The molecule has 0 saturated heterocycles. The molecule has 188 valence electrons. The highest BCUT2D eigenvalue weighted by Crippen LogP contribution is 2.28. The molecular formula is C27H27Cl2N3O4. The SMILES string of the molecule is CCOc1cccc(/C=N\NC(=O)[C@@H](Cc2ccccc2)NC(=O)[C@H](C)Oc2ccc(Cl)cc2Cl)c1. The molecule has 3 aromatic carbocycles. The first-order valence-corrected chi connectivity index (χ1v) is 12.1. The first-order chi connectivity index (χ1) is 17.4. The van der Waals surface area contributed by atoms with Gasteiger partial charge in [0.1, 0.15) is 17.5 Å². The van der Waals surface area contributed by atoms with Gasteiger partial charge in [-0.1, -0.05) is 65.7 Å². The number of hydrazone groups is 1. The van der Waals surface area contributed by atoms with Crippen LogP contribution in [-0.4, -0.2) is 36.8 Å². The normalized spacial score (nSPS) is 12.6. The van der Waals surface area contributed by atoms with E-state index in [2.05, 4.69) is 15.8 Å². The van der Waals surface area contributed by atoms with Gasteiger partial charge in [0, 0.05) is 11.4 Å². The van der Waals surface area contributed by atoms with Crippen LogP contribution in [0.4, 0.5) is 0 Å². The second-order valence-electron chi connectivity index (χ2n) is 7.83. The summed E-state index contributed by atoms with van der Waals surface area (Å²) in [6.07, 6.45) is 0.859. The van der Waals surface area contributed by atoms with Gasteiger partial charge in [0.05, 0.1) is 17.8 Å². The van der Waals surface area contributed by atoms with Crippen molar-refractivity contribution in [3.05, 3.63) is 94.0 Å². The number of halogens is 2. The maximum Gasteiger partial charge on any atom is 0.262 e. The van der Waals surface area contributed by atoms with Crippen LogP contribution < -0.4 is 20.2 Å². The van der Waals surface area contributed by atoms with Crippen LogP contribution in [0.15, 0.2) is 77.9 Å². The summed E-state index contributed by atoms with van der Waals surface area (Å²) in [6.45, 7) is 4.02. The number of carbonyl (C=O) groups is 2. The fourth-order valence-corrected chi connectivity index (χ4v) is 3.72. The van der Waals surface area contributed by atoms with Gasteiger partial charge in [-0.2, -0.15) is 5.10 Å². The molecule has 0 fully saturated rings. The summed E-state index contributed by atoms with van der Waals surface area (Å²) in [6, 6.07) is 20.5. The Bertz CT molecular complexity index is 1200. The Morgan fingerprint density at radius 1 is 1.00 bits per heavy atom. The van der Waals surface area contributed by atoms with Crippen molar-refractivity contribution in [3.63, 3.8) is 0 Å². The zero-order valence-electron chi connectivity index (χ0n) is 19.9. The Morgan fingerprint density at radius 3 is 2.50 bits per heavy atom. The molecular weight excluding hydrogens is 501 g/mol. The average Bonchev–Trinajstić information content (AvgIpc) is 2.86. The van der Waals surface area contributed by atoms with Gasteiger partial charge in [-0.15, -0.1) is 0 Å². The molecule has 0 bridgehead atoms. The number of nitrogens with zero attached hydrogens (tertiary/aromatic N) is 1. The van der Waals surface area contributed by atoms with Crippen molar-refractivity contribution < 1.29 is 19.1 Å². The van der Waals surface area contributed by atoms with Crippen LogP contribution in [0, 0.1) is 0 Å². The average molecular weight is 528 g/mol. The molecule has 36 heavy (non-hydrogen) atoms. The number of hydrogen-bond donors (Lipinski definition) is 2. The summed E-state index contributed by atoms with van der Waals surface area (Å²) in [5, 5.41) is 7.54. The van der Waals surface area contributed by atoms with Gasteiger partial charge in [-0.3, -0.25) is 9.59 Å². The lowest BCUT2D eigenvalue weighted by Crippen LogP contribution is -2.50. The molecule has 0 saturated carbocycles. The molecule has 0 aromatic heterocycles. The molecule has 7 nitrogen and oxygen atoms in total. The monoisotopic (exact) mass is 527 g/mol. The van der Waals surface area contributed by atoms with Crippen LogP contribution in [0.1, 0.15) is 25.0 Å². The number of nitrogens with one attached hydrogen (secondary N) is 2. The molecule has 0 heterocycles. The molecule has 0 spiro atoms. The molecule has 2 amide bonds. The van der Waals surface area contributed by atoms with Crippen molar-refractivity contribution in [3.8, 4) is 11.5 Å². The van der Waals surface area contributed by atoms with Crippen LogP contribution in [0.2, 0.25) is 10.0 Å². The summed E-state index contributed by atoms with van der Waals surface area (Å²) in [5.74, 6) is 0.0649. The number of rotatable bonds is 11. The predicted octanol–water partition coefficient (Wildman–Crippen LogP) is 5.04. The maximum absolute atomic E-state index is 13.0. The Hall–Kier alpha value is -3.55. The van der Waals surface area contributed by atoms with E-state index in [4.69, 9.17) is 32.7 Å². The van der Waals surface area contributed by atoms with Gasteiger partial charge >= 0.3 is 0 Å². The predicted molar refractivity (Wildman–Crippen MR) is 142 cm³/mol. The van der Waals surface area contributed by atoms with E-state index in [9.17, 15) is 9.59 Å². The minimum Gasteiger partial charge on any atom is -0.494 e. The largest absolute Gasteiger partial charge is 0.494 e. The fourth-order valence-electron chi connectivity index (χ4n) is 3.26. The van der Waals surface area contributed by atoms with E-state index in [-0.39, 0.29) is 11.4 Å². The van der Waals surface area contributed by atoms with Crippen molar-refractivity contribution in [1.29, 1.82) is 0 Å². The van der Waals surface area contributed by atoms with Gasteiger partial charge in [-0.25, -0.2) is 5.43 Å². The van der Waals surface area contributed by atoms with Gasteiger partial charge in [-0.05, 0) is 55.3 Å². The third-order valence-corrected chi connectivity index (χ3v) is 5.57. The van der Waals surface area contributed by atoms with Crippen molar-refractivity contribution in [2.45, 2.75) is 32.4 Å². The second kappa shape index (κ2) is 13.5. The van der Waals surface area contributed by atoms with Crippen molar-refractivity contribution >= 4 is 41.2 Å². The van der Waals surface area contributed by atoms with Gasteiger partial charge < -0.3 is 14.8 Å². The standard InChI is InChI=1S/C27H27Cl2N3O4/c1-3-35-22-11-7-10-20(14-22)17-30-32-27(34)24(15-19-8-5-4-6-9-19)31-26(33)18(2)36-25-13-12-21(28)16-23(25)29/h4-14,16-18,24H,3,15H2,1-2H3,(H,31,33)(H,32,34)/b30-17-/t18-,24+/m0/s1. The highest BCUT2D eigenvalue weighted by atomic mass is 35.5. The van der Waals surface area contributed by atoms with Crippen molar-refractivity contribution in [1.82, 2.24) is 10.7 Å². The van der Waals surface area contributed by atoms with E-state index in [1.54, 1.807) is 19.1 Å². The summed E-state index contributed by atoms with van der Waals surface area (Å²) in [4.78, 5) is 25.9. The smallest absolute Gasteiger partial charge is 0.262 e. The minimum atomic E-state index is -0.917. The molecule has 0 radical (unpaired) electrons. The lowest BCUT2D eigenvalue weighted by atomic mass is 10.1. The highest BCUT2D eigenvalue weighted by Gasteiger charge is 2.25. The van der Waals surface area contributed by atoms with E-state index in [0.29, 0.717) is 23.1 Å². The van der Waals surface area contributed by atoms with E-state index in [1.807, 2.05) is 61.5 Å². The lowest BCUT2D eigenvalue weighted by Gasteiger charge is -2.21. The van der Waals surface area contributed by atoms with E-state index < -0.39 is 24.0 Å². The number of hydrogen-bond acceptors (Lipinski definition) is 5. The van der Waals surface area contributed by atoms with Crippen molar-refractivity contribution in [2.24, 2.45) is 5.10 Å². The summed E-state index contributed by atoms with van der Waals surface area (Å²) in [7, 11) is 0. The zero-order valence-corrected chi connectivity index (χ0v) is 21.4. The number of amides is 2. The molecule has 2 atom stereocenters. The Labute approximate surface area is 220 Å². The van der Waals surface area contributed by atoms with Gasteiger partial charge in [0.15, 0.2) is 6.10 Å². The van der Waals surface area contributed by atoms with Crippen LogP contribution >= 0.6 is 23.2 Å². The molecule has 2 N–H and O–H groups in total. The third-order valence-electron chi connectivity index (χ3n) is 5.04. The number of benzene rings is 3. The van der Waals surface area contributed by atoms with Crippen LogP contribution in [-0.2, 0) is 16.0 Å². The Morgan fingerprint density at radius 2 is 1.78 bits per heavy atom. The molecule has 0 aliphatic rings. The Balaban J connectivity index is 1.68. The molecule has 0 aliphatic heterocycles.